The molecule has 4 rings (SSSR count). The summed E-state index contributed by atoms with van der Waals surface area (Å²) in [7, 11) is 0. The van der Waals surface area contributed by atoms with Crippen molar-refractivity contribution in [2.75, 3.05) is 5.32 Å². The lowest BCUT2D eigenvalue weighted by Gasteiger charge is -2.13. The summed E-state index contributed by atoms with van der Waals surface area (Å²) >= 11 is 0. The number of fused-ring (bicyclic) bond motifs is 2. The van der Waals surface area contributed by atoms with E-state index >= 15 is 0 Å². The molecule has 7 nitrogen and oxygen atoms in total. The Balaban J connectivity index is 1.63. The van der Waals surface area contributed by atoms with Gasteiger partial charge in [-0.05, 0) is 43.3 Å². The fourth-order valence-corrected chi connectivity index (χ4v) is 2.74. The van der Waals surface area contributed by atoms with E-state index in [1.54, 1.807) is 37.3 Å². The first kappa shape index (κ1) is 15.1. The highest BCUT2D eigenvalue weighted by molar-refractivity contribution is 5.95. The average molecular weight is 333 g/mol. The molecule has 2 aromatic heterocycles. The van der Waals surface area contributed by atoms with E-state index in [2.05, 4.69) is 20.6 Å². The van der Waals surface area contributed by atoms with E-state index in [1.807, 2.05) is 24.4 Å². The van der Waals surface area contributed by atoms with E-state index < -0.39 is 6.04 Å². The number of benzene rings is 2. The summed E-state index contributed by atoms with van der Waals surface area (Å²) in [5.41, 5.74) is 1.82. The first-order chi connectivity index (χ1) is 12.1. The molecule has 0 saturated carbocycles. The zero-order valence-electron chi connectivity index (χ0n) is 13.4. The van der Waals surface area contributed by atoms with Crippen LogP contribution >= 0.6 is 0 Å². The lowest BCUT2D eigenvalue weighted by atomic mass is 10.2. The summed E-state index contributed by atoms with van der Waals surface area (Å²) in [5, 5.41) is 12.2. The van der Waals surface area contributed by atoms with E-state index in [0.717, 1.165) is 15.6 Å². The smallest absolute Gasteiger partial charge is 0.278 e. The highest BCUT2D eigenvalue weighted by atomic mass is 16.2. The highest BCUT2D eigenvalue weighted by Gasteiger charge is 2.19. The number of anilines is 1. The van der Waals surface area contributed by atoms with Gasteiger partial charge in [-0.15, -0.1) is 5.10 Å². The Hall–Kier alpha value is -3.48. The maximum Gasteiger partial charge on any atom is 0.278 e. The summed E-state index contributed by atoms with van der Waals surface area (Å²) in [4.78, 5) is 28.2. The topological polar surface area (TPSA) is 92.7 Å². The molecule has 0 unspecified atom stereocenters. The molecule has 0 saturated heterocycles. The minimum Gasteiger partial charge on any atom is -0.361 e. The van der Waals surface area contributed by atoms with Gasteiger partial charge in [-0.1, -0.05) is 17.3 Å². The number of rotatable bonds is 3. The van der Waals surface area contributed by atoms with E-state index in [-0.39, 0.29) is 11.5 Å². The number of H-pyrrole nitrogens is 1. The summed E-state index contributed by atoms with van der Waals surface area (Å²) in [6, 6.07) is 13.6. The molecule has 0 aliphatic carbocycles. The Kier molecular flexibility index (Phi) is 3.53. The number of nitrogens with one attached hydrogen (secondary N) is 2. The molecule has 0 spiro atoms. The van der Waals surface area contributed by atoms with Crippen LogP contribution in [0.2, 0.25) is 0 Å². The van der Waals surface area contributed by atoms with Gasteiger partial charge < -0.3 is 10.3 Å². The minimum absolute atomic E-state index is 0.332. The predicted molar refractivity (Wildman–Crippen MR) is 95.4 cm³/mol. The monoisotopic (exact) mass is 333 g/mol. The van der Waals surface area contributed by atoms with Crippen molar-refractivity contribution in [3.05, 3.63) is 65.1 Å². The van der Waals surface area contributed by atoms with Crippen molar-refractivity contribution in [3.63, 3.8) is 0 Å². The largest absolute Gasteiger partial charge is 0.361 e. The van der Waals surface area contributed by atoms with E-state index in [4.69, 9.17) is 0 Å². The van der Waals surface area contributed by atoms with Crippen LogP contribution < -0.4 is 10.9 Å². The maximum absolute atomic E-state index is 12.5. The summed E-state index contributed by atoms with van der Waals surface area (Å²) in [6.45, 7) is 1.62. The van der Waals surface area contributed by atoms with Crippen molar-refractivity contribution >= 4 is 33.4 Å². The van der Waals surface area contributed by atoms with Gasteiger partial charge in [0.05, 0.1) is 5.39 Å². The molecule has 25 heavy (non-hydrogen) atoms. The molecule has 4 aromatic rings. The van der Waals surface area contributed by atoms with Gasteiger partial charge in [-0.3, -0.25) is 9.59 Å². The summed E-state index contributed by atoms with van der Waals surface area (Å²) in [5.74, 6) is -0.332. The van der Waals surface area contributed by atoms with Gasteiger partial charge >= 0.3 is 0 Å². The molecule has 0 aliphatic heterocycles. The van der Waals surface area contributed by atoms with Gasteiger partial charge in [0.15, 0.2) is 0 Å². The molecular weight excluding hydrogens is 318 g/mol. The van der Waals surface area contributed by atoms with Gasteiger partial charge in [-0.2, -0.15) is 4.68 Å². The van der Waals surface area contributed by atoms with Crippen molar-refractivity contribution in [3.8, 4) is 0 Å². The zero-order valence-corrected chi connectivity index (χ0v) is 13.4. The third kappa shape index (κ3) is 2.65. The summed E-state index contributed by atoms with van der Waals surface area (Å²) in [6.07, 6.45) is 1.84. The number of nitrogens with zero attached hydrogens (tertiary/aromatic N) is 3. The number of hydrogen-bond donors (Lipinski definition) is 2. The molecule has 2 heterocycles. The number of hydrogen-bond acceptors (Lipinski definition) is 4. The van der Waals surface area contributed by atoms with Crippen LogP contribution in [0.15, 0.2) is 59.5 Å². The molecule has 0 aliphatic rings. The van der Waals surface area contributed by atoms with Crippen molar-refractivity contribution in [1.29, 1.82) is 0 Å². The number of carbonyl (C=O) groups is 1. The lowest BCUT2D eigenvalue weighted by molar-refractivity contribution is -0.119. The highest BCUT2D eigenvalue weighted by Crippen LogP contribution is 2.18. The van der Waals surface area contributed by atoms with Crippen molar-refractivity contribution in [2.45, 2.75) is 13.0 Å². The van der Waals surface area contributed by atoms with Gasteiger partial charge in [0.1, 0.15) is 11.6 Å². The quantitative estimate of drug-likeness (QED) is 0.602. The third-order valence-electron chi connectivity index (χ3n) is 4.16. The van der Waals surface area contributed by atoms with Crippen LogP contribution in [0.3, 0.4) is 0 Å². The number of aromatic nitrogens is 4. The summed E-state index contributed by atoms with van der Waals surface area (Å²) < 4.78 is 1.10. The second-order valence-electron chi connectivity index (χ2n) is 5.80. The van der Waals surface area contributed by atoms with Crippen LogP contribution in [-0.4, -0.2) is 25.9 Å². The maximum atomic E-state index is 12.5. The molecular formula is C18H15N5O2. The van der Waals surface area contributed by atoms with E-state index in [0.29, 0.717) is 16.6 Å². The van der Waals surface area contributed by atoms with Crippen LogP contribution in [0.1, 0.15) is 13.0 Å². The standard InChI is InChI=1S/C18H15N5O2/c1-11(23-18(25)14-4-2-3-5-16(14)21-22-23)17(24)20-13-6-7-15-12(10-13)8-9-19-15/h2-11,19H,1H3,(H,20,24)/t11-/m1/s1. The molecule has 0 radical (unpaired) electrons. The van der Waals surface area contributed by atoms with Crippen LogP contribution in [-0.2, 0) is 4.79 Å². The number of aromatic amines is 1. The Bertz CT molecular complexity index is 1140. The Morgan fingerprint density at radius 3 is 2.92 bits per heavy atom. The molecule has 0 fully saturated rings. The van der Waals surface area contributed by atoms with Crippen LogP contribution in [0, 0.1) is 0 Å². The third-order valence-corrected chi connectivity index (χ3v) is 4.16. The number of carbonyl (C=O) groups excluding carboxylic acids is 1. The lowest BCUT2D eigenvalue weighted by Crippen LogP contribution is -2.34. The molecule has 1 atom stereocenters. The zero-order chi connectivity index (χ0) is 17.4. The Labute approximate surface area is 142 Å². The SMILES string of the molecule is C[C@H](C(=O)Nc1ccc2[nH]ccc2c1)n1nnc2ccccc2c1=O. The van der Waals surface area contributed by atoms with E-state index in [9.17, 15) is 9.59 Å². The molecule has 2 N–H and O–H groups in total. The van der Waals surface area contributed by atoms with Crippen molar-refractivity contribution < 1.29 is 4.79 Å². The Morgan fingerprint density at radius 2 is 2.04 bits per heavy atom. The fourth-order valence-electron chi connectivity index (χ4n) is 2.74. The van der Waals surface area contributed by atoms with Crippen LogP contribution in [0.4, 0.5) is 5.69 Å². The molecule has 2 aromatic carbocycles. The first-order valence-corrected chi connectivity index (χ1v) is 7.86. The molecule has 7 heteroatoms. The second kappa shape index (κ2) is 5.86. The second-order valence-corrected chi connectivity index (χ2v) is 5.80. The van der Waals surface area contributed by atoms with Crippen LogP contribution in [0.25, 0.3) is 21.8 Å². The van der Waals surface area contributed by atoms with Crippen molar-refractivity contribution in [2.24, 2.45) is 0 Å². The van der Waals surface area contributed by atoms with Gasteiger partial charge in [-0.25, -0.2) is 0 Å². The van der Waals surface area contributed by atoms with Gasteiger partial charge in [0.25, 0.3) is 5.56 Å². The van der Waals surface area contributed by atoms with Gasteiger partial charge in [0.2, 0.25) is 5.91 Å². The first-order valence-electron chi connectivity index (χ1n) is 7.86. The predicted octanol–water partition coefficient (Wildman–Crippen LogP) is 2.47. The molecule has 1 amide bonds. The van der Waals surface area contributed by atoms with Crippen LogP contribution in [0.5, 0.6) is 0 Å². The van der Waals surface area contributed by atoms with E-state index in [1.165, 1.54) is 0 Å². The normalized spacial score (nSPS) is 12.4. The fraction of sp³-hybridized carbons (Fsp3) is 0.111. The molecule has 0 bridgehead atoms. The average Bonchev–Trinajstić information content (AvgIpc) is 3.09. The van der Waals surface area contributed by atoms with Gasteiger partial charge in [0, 0.05) is 22.8 Å². The minimum atomic E-state index is -0.786. The van der Waals surface area contributed by atoms with Crippen molar-refractivity contribution in [1.82, 2.24) is 20.0 Å². The Morgan fingerprint density at radius 1 is 1.20 bits per heavy atom. The molecule has 124 valence electrons. The number of amides is 1.